The van der Waals surface area contributed by atoms with Gasteiger partial charge in [-0.05, 0) is 42.2 Å². The molecule has 5 heteroatoms. The molecule has 0 saturated heterocycles. The molecule has 1 heterocycles. The molecular weight excluding hydrogens is 341 g/mol. The van der Waals surface area contributed by atoms with Gasteiger partial charge in [0, 0.05) is 30.4 Å². The Balaban J connectivity index is 1.52. The van der Waals surface area contributed by atoms with Crippen molar-refractivity contribution in [1.82, 2.24) is 15.1 Å². The van der Waals surface area contributed by atoms with Crippen LogP contribution in [0.15, 0.2) is 42.6 Å². The van der Waals surface area contributed by atoms with Gasteiger partial charge in [-0.3, -0.25) is 9.48 Å². The highest BCUT2D eigenvalue weighted by Gasteiger charge is 2.21. The van der Waals surface area contributed by atoms with E-state index in [0.29, 0.717) is 0 Å². The largest absolute Gasteiger partial charge is 0.352 e. The SMILES string of the molecule is [2H]C(NC(=O)C1CCCCC1)c1ccc(-c2ccc3c(cnn3C)c2)cc1F. The minimum absolute atomic E-state index is 0.0462. The van der Waals surface area contributed by atoms with Crippen LogP contribution in [0.5, 0.6) is 0 Å². The molecule has 1 saturated carbocycles. The Morgan fingerprint density at radius 2 is 1.96 bits per heavy atom. The number of fused-ring (bicyclic) bond motifs is 1. The molecule has 27 heavy (non-hydrogen) atoms. The highest BCUT2D eigenvalue weighted by Crippen LogP contribution is 2.26. The van der Waals surface area contributed by atoms with Crippen LogP contribution in [0, 0.1) is 11.7 Å². The first-order chi connectivity index (χ1) is 13.5. The Morgan fingerprint density at radius 1 is 1.22 bits per heavy atom. The summed E-state index contributed by atoms with van der Waals surface area (Å²) >= 11 is 0. The molecule has 1 aromatic heterocycles. The highest BCUT2D eigenvalue weighted by atomic mass is 19.1. The lowest BCUT2D eigenvalue weighted by atomic mass is 9.88. The normalized spacial score (nSPS) is 16.9. The van der Waals surface area contributed by atoms with E-state index in [2.05, 4.69) is 10.4 Å². The van der Waals surface area contributed by atoms with Crippen molar-refractivity contribution in [2.75, 3.05) is 0 Å². The third kappa shape index (κ3) is 3.72. The van der Waals surface area contributed by atoms with E-state index in [1.54, 1.807) is 23.0 Å². The van der Waals surface area contributed by atoms with Crippen molar-refractivity contribution in [3.8, 4) is 11.1 Å². The first-order valence-corrected chi connectivity index (χ1v) is 9.47. The smallest absolute Gasteiger partial charge is 0.223 e. The van der Waals surface area contributed by atoms with Crippen molar-refractivity contribution in [2.45, 2.75) is 38.6 Å². The van der Waals surface area contributed by atoms with Crippen molar-refractivity contribution >= 4 is 16.8 Å². The minimum Gasteiger partial charge on any atom is -0.352 e. The fourth-order valence-electron chi connectivity index (χ4n) is 3.80. The number of hydrogen-bond donors (Lipinski definition) is 1. The number of nitrogens with zero attached hydrogens (tertiary/aromatic N) is 2. The molecule has 1 atom stereocenters. The molecule has 1 aliphatic rings. The third-order valence-electron chi connectivity index (χ3n) is 5.43. The molecule has 0 spiro atoms. The van der Waals surface area contributed by atoms with E-state index in [1.807, 2.05) is 25.2 Å². The monoisotopic (exact) mass is 366 g/mol. The standard InChI is InChI=1S/C22H24FN3O/c1-26-21-10-9-16(11-19(21)14-25-26)17-7-8-18(20(23)12-17)13-24-22(27)15-5-3-2-4-6-15/h7-12,14-15H,2-6,13H2,1H3,(H,24,27)/i13D. The van der Waals surface area contributed by atoms with Crippen molar-refractivity contribution in [3.05, 3.63) is 54.0 Å². The quantitative estimate of drug-likeness (QED) is 0.735. The van der Waals surface area contributed by atoms with Gasteiger partial charge in [0.25, 0.3) is 0 Å². The van der Waals surface area contributed by atoms with Gasteiger partial charge in [0.15, 0.2) is 0 Å². The van der Waals surface area contributed by atoms with Crippen LogP contribution in [0.1, 0.15) is 39.0 Å². The van der Waals surface area contributed by atoms with Crippen LogP contribution in [0.3, 0.4) is 0 Å². The zero-order chi connectivity index (χ0) is 19.7. The van der Waals surface area contributed by atoms with E-state index < -0.39 is 12.3 Å². The van der Waals surface area contributed by atoms with E-state index in [-0.39, 0.29) is 17.4 Å². The number of aromatic nitrogens is 2. The number of amides is 1. The van der Waals surface area contributed by atoms with Gasteiger partial charge in [0.1, 0.15) is 5.82 Å². The summed E-state index contributed by atoms with van der Waals surface area (Å²) in [6, 6.07) is 10.7. The Hall–Kier alpha value is -2.69. The molecule has 2 aromatic carbocycles. The lowest BCUT2D eigenvalue weighted by Gasteiger charge is -2.20. The van der Waals surface area contributed by atoms with Gasteiger partial charge in [0.2, 0.25) is 5.91 Å². The maximum atomic E-state index is 14.7. The van der Waals surface area contributed by atoms with Crippen LogP contribution in [0.25, 0.3) is 22.0 Å². The van der Waals surface area contributed by atoms with Gasteiger partial charge in [0.05, 0.1) is 13.1 Å². The Morgan fingerprint density at radius 3 is 2.74 bits per heavy atom. The van der Waals surface area contributed by atoms with E-state index in [4.69, 9.17) is 1.37 Å². The Kier molecular flexibility index (Phi) is 4.58. The summed E-state index contributed by atoms with van der Waals surface area (Å²) in [4.78, 5) is 12.3. The molecule has 1 N–H and O–H groups in total. The number of nitrogens with one attached hydrogen (secondary N) is 1. The zero-order valence-electron chi connectivity index (χ0n) is 16.4. The lowest BCUT2D eigenvalue weighted by molar-refractivity contribution is -0.126. The van der Waals surface area contributed by atoms with Crippen LogP contribution in [0.4, 0.5) is 4.39 Å². The Bertz CT molecular complexity index is 1010. The number of carbonyl (C=O) groups excluding carboxylic acids is 1. The molecule has 3 aromatic rings. The molecule has 1 unspecified atom stereocenters. The first-order valence-electron chi connectivity index (χ1n) is 10.0. The maximum Gasteiger partial charge on any atom is 0.223 e. The van der Waals surface area contributed by atoms with Crippen molar-refractivity contribution in [3.63, 3.8) is 0 Å². The van der Waals surface area contributed by atoms with Crippen LogP contribution in [-0.2, 0) is 18.4 Å². The van der Waals surface area contributed by atoms with Gasteiger partial charge in [-0.1, -0.05) is 37.5 Å². The number of halogens is 1. The second-order valence-corrected chi connectivity index (χ2v) is 7.27. The van der Waals surface area contributed by atoms with Gasteiger partial charge in [-0.25, -0.2) is 4.39 Å². The van der Waals surface area contributed by atoms with Crippen molar-refractivity contribution in [2.24, 2.45) is 13.0 Å². The zero-order valence-corrected chi connectivity index (χ0v) is 15.4. The van der Waals surface area contributed by atoms with Gasteiger partial charge in [-0.2, -0.15) is 5.10 Å². The number of benzene rings is 2. The highest BCUT2D eigenvalue weighted by molar-refractivity contribution is 5.84. The molecule has 4 nitrogen and oxygen atoms in total. The predicted molar refractivity (Wildman–Crippen MR) is 105 cm³/mol. The lowest BCUT2D eigenvalue weighted by Crippen LogP contribution is -2.31. The van der Waals surface area contributed by atoms with Crippen LogP contribution >= 0.6 is 0 Å². The second-order valence-electron chi connectivity index (χ2n) is 7.27. The number of hydrogen-bond acceptors (Lipinski definition) is 2. The van der Waals surface area contributed by atoms with Crippen LogP contribution in [0.2, 0.25) is 0 Å². The summed E-state index contributed by atoms with van der Waals surface area (Å²) in [7, 11) is 1.88. The predicted octanol–water partition coefficient (Wildman–Crippen LogP) is 4.58. The molecule has 0 bridgehead atoms. The third-order valence-corrected chi connectivity index (χ3v) is 5.43. The van der Waals surface area contributed by atoms with E-state index in [0.717, 1.165) is 54.1 Å². The van der Waals surface area contributed by atoms with Gasteiger partial charge >= 0.3 is 0 Å². The molecule has 140 valence electrons. The van der Waals surface area contributed by atoms with Crippen molar-refractivity contribution in [1.29, 1.82) is 0 Å². The molecule has 0 radical (unpaired) electrons. The fraction of sp³-hybridized carbons (Fsp3) is 0.364. The molecule has 0 aliphatic heterocycles. The molecule has 4 rings (SSSR count). The topological polar surface area (TPSA) is 46.9 Å². The second kappa shape index (κ2) is 7.51. The average molecular weight is 366 g/mol. The summed E-state index contributed by atoms with van der Waals surface area (Å²) in [5, 5.41) is 7.89. The van der Waals surface area contributed by atoms with Gasteiger partial charge < -0.3 is 5.32 Å². The molecular formula is C22H24FN3O. The summed E-state index contributed by atoms with van der Waals surface area (Å²) in [6.07, 6.45) is 6.75. The average Bonchev–Trinajstić information content (AvgIpc) is 3.08. The molecule has 1 amide bonds. The summed E-state index contributed by atoms with van der Waals surface area (Å²) in [5.41, 5.74) is 2.82. The molecule has 1 aliphatic carbocycles. The first kappa shape index (κ1) is 16.5. The fourth-order valence-corrected chi connectivity index (χ4v) is 3.80. The number of aryl methyl sites for hydroxylation is 1. The maximum absolute atomic E-state index is 14.7. The van der Waals surface area contributed by atoms with Crippen LogP contribution in [-0.4, -0.2) is 15.7 Å². The number of carbonyl (C=O) groups is 1. The summed E-state index contributed by atoms with van der Waals surface area (Å²) in [5.74, 6) is -0.659. The number of rotatable bonds is 4. The Labute approximate surface area is 159 Å². The van der Waals surface area contributed by atoms with E-state index in [1.165, 1.54) is 6.07 Å². The van der Waals surface area contributed by atoms with E-state index >= 15 is 0 Å². The minimum atomic E-state index is -1.09. The molecule has 1 fully saturated rings. The summed E-state index contributed by atoms with van der Waals surface area (Å²) in [6.45, 7) is -1.09. The van der Waals surface area contributed by atoms with Gasteiger partial charge in [-0.15, -0.1) is 0 Å². The van der Waals surface area contributed by atoms with Crippen LogP contribution < -0.4 is 5.32 Å². The van der Waals surface area contributed by atoms with Crippen molar-refractivity contribution < 1.29 is 10.6 Å². The van der Waals surface area contributed by atoms with E-state index in [9.17, 15) is 9.18 Å². The summed E-state index contributed by atoms with van der Waals surface area (Å²) < 4.78 is 24.7.